The molecule has 0 saturated heterocycles. The lowest BCUT2D eigenvalue weighted by molar-refractivity contribution is -0.141. The maximum atomic E-state index is 12.3. The van der Waals surface area contributed by atoms with Crippen molar-refractivity contribution in [1.82, 2.24) is 5.32 Å². The summed E-state index contributed by atoms with van der Waals surface area (Å²) in [6.07, 6.45) is 0.400. The molecule has 2 rings (SSSR count). The van der Waals surface area contributed by atoms with Crippen LogP contribution in [0.15, 0.2) is 54.6 Å². The predicted molar refractivity (Wildman–Crippen MR) is 93.9 cm³/mol. The molecule has 0 radical (unpaired) electrons. The van der Waals surface area contributed by atoms with Crippen molar-refractivity contribution < 1.29 is 14.7 Å². The van der Waals surface area contributed by atoms with Crippen LogP contribution < -0.4 is 5.32 Å². The Morgan fingerprint density at radius 2 is 1.79 bits per heavy atom. The Bertz CT molecular complexity index is 697. The van der Waals surface area contributed by atoms with E-state index in [2.05, 4.69) is 5.32 Å². The number of nitrogens with one attached hydrogen (secondary N) is 1. The molecule has 2 N–H and O–H groups in total. The summed E-state index contributed by atoms with van der Waals surface area (Å²) < 4.78 is 0. The zero-order chi connectivity index (χ0) is 17.5. The quantitative estimate of drug-likeness (QED) is 0.822. The molecule has 1 unspecified atom stereocenters. The van der Waals surface area contributed by atoms with Gasteiger partial charge in [-0.15, -0.1) is 0 Å². The van der Waals surface area contributed by atoms with Crippen LogP contribution in [0.4, 0.5) is 0 Å². The molecular weight excluding hydrogens is 302 g/mol. The Morgan fingerprint density at radius 3 is 2.42 bits per heavy atom. The molecule has 4 heteroatoms. The fraction of sp³-hybridized carbons (Fsp3) is 0.300. The zero-order valence-electron chi connectivity index (χ0n) is 14.0. The van der Waals surface area contributed by atoms with Crippen LogP contribution in [-0.2, 0) is 16.0 Å². The van der Waals surface area contributed by atoms with Crippen molar-refractivity contribution in [2.45, 2.75) is 26.2 Å². The molecule has 1 amide bonds. The molecule has 0 heterocycles. The highest BCUT2D eigenvalue weighted by atomic mass is 16.4. The van der Waals surface area contributed by atoms with Crippen molar-refractivity contribution in [3.05, 3.63) is 71.3 Å². The molecule has 0 aromatic heterocycles. The molecule has 4 nitrogen and oxygen atoms in total. The van der Waals surface area contributed by atoms with Gasteiger partial charge in [0.2, 0.25) is 5.91 Å². The van der Waals surface area contributed by atoms with E-state index in [4.69, 9.17) is 0 Å². The van der Waals surface area contributed by atoms with Crippen LogP contribution in [0.25, 0.3) is 0 Å². The second-order valence-corrected chi connectivity index (χ2v) is 6.11. The molecule has 2 atom stereocenters. The molecule has 0 spiro atoms. The van der Waals surface area contributed by atoms with E-state index >= 15 is 0 Å². The van der Waals surface area contributed by atoms with Crippen molar-refractivity contribution in [1.29, 1.82) is 0 Å². The van der Waals surface area contributed by atoms with E-state index in [9.17, 15) is 14.7 Å². The number of hydrogen-bond acceptors (Lipinski definition) is 2. The van der Waals surface area contributed by atoms with Gasteiger partial charge in [-0.05, 0) is 31.4 Å². The van der Waals surface area contributed by atoms with E-state index < -0.39 is 11.9 Å². The summed E-state index contributed by atoms with van der Waals surface area (Å²) >= 11 is 0. The molecule has 126 valence electrons. The molecule has 2 aromatic carbocycles. The predicted octanol–water partition coefficient (Wildman–Crippen LogP) is 3.16. The van der Waals surface area contributed by atoms with Gasteiger partial charge >= 0.3 is 5.97 Å². The fourth-order valence-corrected chi connectivity index (χ4v) is 2.64. The van der Waals surface area contributed by atoms with Gasteiger partial charge in [0, 0.05) is 6.54 Å². The van der Waals surface area contributed by atoms with Crippen LogP contribution in [0.1, 0.15) is 29.5 Å². The summed E-state index contributed by atoms with van der Waals surface area (Å²) in [7, 11) is 0. The number of aryl methyl sites for hydroxylation is 1. The minimum absolute atomic E-state index is 0.124. The maximum Gasteiger partial charge on any atom is 0.308 e. The molecule has 0 aliphatic heterocycles. The van der Waals surface area contributed by atoms with Crippen molar-refractivity contribution >= 4 is 11.9 Å². The van der Waals surface area contributed by atoms with Gasteiger partial charge in [0.1, 0.15) is 0 Å². The first kappa shape index (κ1) is 17.7. The zero-order valence-corrected chi connectivity index (χ0v) is 14.0. The second kappa shape index (κ2) is 8.29. The summed E-state index contributed by atoms with van der Waals surface area (Å²) in [5.74, 6) is -2.00. The Hall–Kier alpha value is -2.62. The van der Waals surface area contributed by atoms with Crippen LogP contribution in [-0.4, -0.2) is 23.5 Å². The minimum Gasteiger partial charge on any atom is -0.481 e. The number of benzene rings is 2. The summed E-state index contributed by atoms with van der Waals surface area (Å²) in [5.41, 5.74) is 2.98. The Balaban J connectivity index is 1.96. The van der Waals surface area contributed by atoms with E-state index in [1.165, 1.54) is 0 Å². The molecule has 0 fully saturated rings. The number of rotatable bonds is 7. The third-order valence-corrected chi connectivity index (χ3v) is 4.13. The minimum atomic E-state index is -0.899. The van der Waals surface area contributed by atoms with E-state index in [1.54, 1.807) is 0 Å². The monoisotopic (exact) mass is 325 g/mol. The number of hydrogen-bond donors (Lipinski definition) is 2. The first-order valence-corrected chi connectivity index (χ1v) is 8.08. The molecule has 24 heavy (non-hydrogen) atoms. The van der Waals surface area contributed by atoms with E-state index in [0.717, 1.165) is 16.7 Å². The lowest BCUT2D eigenvalue weighted by Crippen LogP contribution is -2.36. The van der Waals surface area contributed by atoms with Crippen LogP contribution in [0.3, 0.4) is 0 Å². The van der Waals surface area contributed by atoms with Gasteiger partial charge < -0.3 is 10.4 Å². The van der Waals surface area contributed by atoms with Gasteiger partial charge in [-0.3, -0.25) is 9.59 Å². The van der Waals surface area contributed by atoms with Gasteiger partial charge in [0.15, 0.2) is 0 Å². The van der Waals surface area contributed by atoms with Gasteiger partial charge in [0.05, 0.1) is 11.8 Å². The number of carbonyl (C=O) groups excluding carboxylic acids is 1. The van der Waals surface area contributed by atoms with Gasteiger partial charge in [0.25, 0.3) is 0 Å². The maximum absolute atomic E-state index is 12.3. The molecule has 0 aliphatic rings. The smallest absolute Gasteiger partial charge is 0.308 e. The number of amides is 1. The molecule has 0 saturated carbocycles. The fourth-order valence-electron chi connectivity index (χ4n) is 2.64. The number of carboxylic acid groups (broad SMARTS) is 1. The third-order valence-electron chi connectivity index (χ3n) is 4.13. The molecule has 2 aromatic rings. The lowest BCUT2D eigenvalue weighted by atomic mass is 9.97. The van der Waals surface area contributed by atoms with Gasteiger partial charge in [-0.2, -0.15) is 0 Å². The topological polar surface area (TPSA) is 66.4 Å². The molecule has 0 aliphatic carbocycles. The summed E-state index contributed by atoms with van der Waals surface area (Å²) in [5, 5.41) is 12.2. The number of aliphatic carboxylic acids is 1. The van der Waals surface area contributed by atoms with E-state index in [-0.39, 0.29) is 18.4 Å². The van der Waals surface area contributed by atoms with Crippen LogP contribution >= 0.6 is 0 Å². The largest absolute Gasteiger partial charge is 0.481 e. The Morgan fingerprint density at radius 1 is 1.08 bits per heavy atom. The van der Waals surface area contributed by atoms with Gasteiger partial charge in [-0.25, -0.2) is 0 Å². The second-order valence-electron chi connectivity index (χ2n) is 6.11. The summed E-state index contributed by atoms with van der Waals surface area (Å²) in [6.45, 7) is 3.92. The van der Waals surface area contributed by atoms with E-state index in [0.29, 0.717) is 6.42 Å². The van der Waals surface area contributed by atoms with Crippen molar-refractivity contribution in [3.8, 4) is 0 Å². The van der Waals surface area contributed by atoms with Crippen molar-refractivity contribution in [3.63, 3.8) is 0 Å². The average molecular weight is 325 g/mol. The number of carbonyl (C=O) groups is 2. The molecule has 0 bridgehead atoms. The highest BCUT2D eigenvalue weighted by molar-refractivity contribution is 5.83. The average Bonchev–Trinajstić information content (AvgIpc) is 2.58. The number of carboxylic acids is 1. The van der Waals surface area contributed by atoms with E-state index in [1.807, 2.05) is 68.4 Å². The highest BCUT2D eigenvalue weighted by Gasteiger charge is 2.21. The van der Waals surface area contributed by atoms with Crippen LogP contribution in [0, 0.1) is 12.8 Å². The van der Waals surface area contributed by atoms with Crippen molar-refractivity contribution in [2.24, 2.45) is 5.92 Å². The van der Waals surface area contributed by atoms with Crippen LogP contribution in [0.2, 0.25) is 0 Å². The Kier molecular flexibility index (Phi) is 6.13. The summed E-state index contributed by atoms with van der Waals surface area (Å²) in [6, 6.07) is 17.2. The first-order chi connectivity index (χ1) is 11.5. The van der Waals surface area contributed by atoms with Crippen LogP contribution in [0.5, 0.6) is 0 Å². The molecular formula is C20H23NO3. The standard InChI is InChI=1S/C20H23NO3/c1-14-7-6-8-16(11-14)12-18(20(23)24)13-21-19(22)15(2)17-9-4-3-5-10-17/h3-11,15,18H,12-13H2,1-2H3,(H,21,22)(H,23,24)/t15-,18?/m0/s1. The van der Waals surface area contributed by atoms with Crippen molar-refractivity contribution in [2.75, 3.05) is 6.54 Å². The Labute approximate surface area is 142 Å². The highest BCUT2D eigenvalue weighted by Crippen LogP contribution is 2.15. The summed E-state index contributed by atoms with van der Waals surface area (Å²) in [4.78, 5) is 23.8. The van der Waals surface area contributed by atoms with Gasteiger partial charge in [-0.1, -0.05) is 60.2 Å². The normalized spacial score (nSPS) is 13.1. The third kappa shape index (κ3) is 4.95. The first-order valence-electron chi connectivity index (χ1n) is 8.08. The lowest BCUT2D eigenvalue weighted by Gasteiger charge is -2.17. The SMILES string of the molecule is Cc1cccc(CC(CNC(=O)[C@@H](C)c2ccccc2)C(=O)O)c1.